The molecule has 110 valence electrons. The second-order valence-electron chi connectivity index (χ2n) is 6.09. The summed E-state index contributed by atoms with van der Waals surface area (Å²) in [6, 6.07) is 2.32. The highest BCUT2D eigenvalue weighted by atomic mass is 79.9. The monoisotopic (exact) mass is 340 g/mol. The molecule has 1 aromatic heterocycles. The van der Waals surface area contributed by atoms with Gasteiger partial charge in [0.1, 0.15) is 5.69 Å². The van der Waals surface area contributed by atoms with Crippen molar-refractivity contribution in [3.8, 4) is 0 Å². The molecule has 2 heterocycles. The summed E-state index contributed by atoms with van der Waals surface area (Å²) in [5, 5.41) is 3.17. The molecule has 4 nitrogen and oxygen atoms in total. The highest BCUT2D eigenvalue weighted by Crippen LogP contribution is 2.38. The number of carbonyl (C=O) groups excluding carboxylic acids is 1. The van der Waals surface area contributed by atoms with Gasteiger partial charge in [-0.3, -0.25) is 4.79 Å². The third-order valence-corrected chi connectivity index (χ3v) is 4.58. The van der Waals surface area contributed by atoms with Crippen molar-refractivity contribution in [1.29, 1.82) is 0 Å². The van der Waals surface area contributed by atoms with Gasteiger partial charge in [-0.05, 0) is 61.0 Å². The van der Waals surface area contributed by atoms with Gasteiger partial charge in [-0.1, -0.05) is 0 Å². The first-order valence-corrected chi connectivity index (χ1v) is 8.15. The van der Waals surface area contributed by atoms with E-state index in [1.54, 1.807) is 0 Å². The molecule has 3 rings (SSSR count). The highest BCUT2D eigenvalue weighted by molar-refractivity contribution is 9.10. The standard InChI is InChI=1S/C15H21BrN2O2/c1-9(2)18-8-11(16)7-13(18)15(19)17-12-5-6-20-14(12)10-3-4-10/h7-10,12,14H,3-6H2,1-2H3,(H,17,19). The Balaban J connectivity index is 1.72. The van der Waals surface area contributed by atoms with Crippen LogP contribution >= 0.6 is 15.9 Å². The van der Waals surface area contributed by atoms with Gasteiger partial charge in [0, 0.05) is 23.3 Å². The third-order valence-electron chi connectivity index (χ3n) is 4.14. The van der Waals surface area contributed by atoms with Crippen molar-refractivity contribution in [1.82, 2.24) is 9.88 Å². The van der Waals surface area contributed by atoms with Crippen LogP contribution in [0.1, 0.15) is 49.6 Å². The number of carbonyl (C=O) groups is 1. The zero-order valence-electron chi connectivity index (χ0n) is 11.9. The van der Waals surface area contributed by atoms with Crippen molar-refractivity contribution < 1.29 is 9.53 Å². The summed E-state index contributed by atoms with van der Waals surface area (Å²) in [4.78, 5) is 12.5. The maximum atomic E-state index is 12.5. The molecule has 1 saturated heterocycles. The molecule has 0 aromatic carbocycles. The van der Waals surface area contributed by atoms with Gasteiger partial charge in [-0.25, -0.2) is 0 Å². The van der Waals surface area contributed by atoms with Crippen molar-refractivity contribution in [3.63, 3.8) is 0 Å². The van der Waals surface area contributed by atoms with Gasteiger partial charge in [0.15, 0.2) is 0 Å². The van der Waals surface area contributed by atoms with Gasteiger partial charge in [0.2, 0.25) is 0 Å². The number of amides is 1. The van der Waals surface area contributed by atoms with Gasteiger partial charge in [-0.15, -0.1) is 0 Å². The number of rotatable bonds is 4. The van der Waals surface area contributed by atoms with Gasteiger partial charge < -0.3 is 14.6 Å². The molecule has 2 fully saturated rings. The van der Waals surface area contributed by atoms with Crippen LogP contribution in [0.2, 0.25) is 0 Å². The van der Waals surface area contributed by atoms with Crippen LogP contribution in [0.4, 0.5) is 0 Å². The summed E-state index contributed by atoms with van der Waals surface area (Å²) in [5.74, 6) is 0.664. The van der Waals surface area contributed by atoms with Crippen molar-refractivity contribution in [2.45, 2.75) is 51.3 Å². The minimum atomic E-state index is 0.00514. The van der Waals surface area contributed by atoms with E-state index in [0.717, 1.165) is 17.5 Å². The molecule has 2 unspecified atom stereocenters. The molecule has 0 bridgehead atoms. The van der Waals surface area contributed by atoms with E-state index in [0.29, 0.717) is 11.6 Å². The molecule has 1 amide bonds. The summed E-state index contributed by atoms with van der Waals surface area (Å²) in [5.41, 5.74) is 0.716. The van der Waals surface area contributed by atoms with Crippen LogP contribution < -0.4 is 5.32 Å². The van der Waals surface area contributed by atoms with Crippen LogP contribution in [0.5, 0.6) is 0 Å². The lowest BCUT2D eigenvalue weighted by molar-refractivity contribution is 0.0725. The zero-order chi connectivity index (χ0) is 14.3. The molecule has 20 heavy (non-hydrogen) atoms. The number of nitrogens with zero attached hydrogens (tertiary/aromatic N) is 1. The summed E-state index contributed by atoms with van der Waals surface area (Å²) >= 11 is 3.45. The topological polar surface area (TPSA) is 43.3 Å². The SMILES string of the molecule is CC(C)n1cc(Br)cc1C(=O)NC1CCOC1C1CC1. The molecule has 2 aliphatic rings. The molecule has 0 radical (unpaired) electrons. The molecule has 1 aromatic rings. The average molecular weight is 341 g/mol. The minimum Gasteiger partial charge on any atom is -0.376 e. The van der Waals surface area contributed by atoms with Crippen molar-refractivity contribution in [3.05, 3.63) is 22.4 Å². The molecule has 2 atom stereocenters. The van der Waals surface area contributed by atoms with E-state index in [2.05, 4.69) is 35.1 Å². The molecule has 5 heteroatoms. The lowest BCUT2D eigenvalue weighted by Gasteiger charge is -2.20. The summed E-state index contributed by atoms with van der Waals surface area (Å²) in [7, 11) is 0. The number of halogens is 1. The number of hydrogen-bond donors (Lipinski definition) is 1. The van der Waals surface area contributed by atoms with E-state index in [1.165, 1.54) is 12.8 Å². The Morgan fingerprint density at radius 1 is 1.45 bits per heavy atom. The lowest BCUT2D eigenvalue weighted by Crippen LogP contribution is -2.42. The highest BCUT2D eigenvalue weighted by Gasteiger charge is 2.41. The Morgan fingerprint density at radius 2 is 2.20 bits per heavy atom. The second-order valence-corrected chi connectivity index (χ2v) is 7.00. The maximum Gasteiger partial charge on any atom is 0.268 e. The molecule has 1 aliphatic carbocycles. The molecule has 1 saturated carbocycles. The van der Waals surface area contributed by atoms with E-state index in [9.17, 15) is 4.79 Å². The van der Waals surface area contributed by atoms with Crippen molar-refractivity contribution in [2.75, 3.05) is 6.61 Å². The van der Waals surface area contributed by atoms with Gasteiger partial charge >= 0.3 is 0 Å². The van der Waals surface area contributed by atoms with Gasteiger partial charge in [0.25, 0.3) is 5.91 Å². The first-order valence-electron chi connectivity index (χ1n) is 7.36. The Kier molecular flexibility index (Phi) is 3.91. The van der Waals surface area contributed by atoms with Crippen LogP contribution in [0.3, 0.4) is 0 Å². The largest absolute Gasteiger partial charge is 0.376 e. The van der Waals surface area contributed by atoms with E-state index in [-0.39, 0.29) is 24.1 Å². The fourth-order valence-electron chi connectivity index (χ4n) is 2.95. The molecular weight excluding hydrogens is 320 g/mol. The number of nitrogens with one attached hydrogen (secondary N) is 1. The predicted octanol–water partition coefficient (Wildman–Crippen LogP) is 3.13. The minimum absolute atomic E-state index is 0.00514. The second kappa shape index (κ2) is 5.53. The van der Waals surface area contributed by atoms with Gasteiger partial charge in [0.05, 0.1) is 12.1 Å². The maximum absolute atomic E-state index is 12.5. The number of aromatic nitrogens is 1. The van der Waals surface area contributed by atoms with Crippen LogP contribution in [0, 0.1) is 5.92 Å². The number of hydrogen-bond acceptors (Lipinski definition) is 2. The average Bonchev–Trinajstić information content (AvgIpc) is 3.00. The smallest absolute Gasteiger partial charge is 0.268 e. The van der Waals surface area contributed by atoms with E-state index < -0.39 is 0 Å². The predicted molar refractivity (Wildman–Crippen MR) is 80.9 cm³/mol. The molecule has 1 N–H and O–H groups in total. The van der Waals surface area contributed by atoms with E-state index in [4.69, 9.17) is 4.74 Å². The Labute approximate surface area is 128 Å². The Bertz CT molecular complexity index is 508. The lowest BCUT2D eigenvalue weighted by atomic mass is 10.1. The molecular formula is C15H21BrN2O2. The zero-order valence-corrected chi connectivity index (χ0v) is 13.5. The summed E-state index contributed by atoms with van der Waals surface area (Å²) in [6.45, 7) is 4.92. The molecule has 0 spiro atoms. The summed E-state index contributed by atoms with van der Waals surface area (Å²) < 4.78 is 8.72. The van der Waals surface area contributed by atoms with Crippen molar-refractivity contribution >= 4 is 21.8 Å². The number of ether oxygens (including phenoxy) is 1. The first kappa shape index (κ1) is 14.1. The van der Waals surface area contributed by atoms with Gasteiger partial charge in [-0.2, -0.15) is 0 Å². The Morgan fingerprint density at radius 3 is 2.85 bits per heavy atom. The van der Waals surface area contributed by atoms with Crippen LogP contribution in [-0.4, -0.2) is 29.2 Å². The quantitative estimate of drug-likeness (QED) is 0.914. The third kappa shape index (κ3) is 2.79. The van der Waals surface area contributed by atoms with Crippen molar-refractivity contribution in [2.24, 2.45) is 5.92 Å². The molecule has 1 aliphatic heterocycles. The summed E-state index contributed by atoms with van der Waals surface area (Å²) in [6.07, 6.45) is 5.60. The fourth-order valence-corrected chi connectivity index (χ4v) is 3.39. The van der Waals surface area contributed by atoms with E-state index in [1.807, 2.05) is 16.8 Å². The van der Waals surface area contributed by atoms with Crippen LogP contribution in [0.25, 0.3) is 0 Å². The normalized spacial score (nSPS) is 26.2. The Hall–Kier alpha value is -0.810. The van der Waals surface area contributed by atoms with Crippen LogP contribution in [0.15, 0.2) is 16.7 Å². The van der Waals surface area contributed by atoms with E-state index >= 15 is 0 Å². The fraction of sp³-hybridized carbons (Fsp3) is 0.667. The van der Waals surface area contributed by atoms with Crippen LogP contribution in [-0.2, 0) is 4.74 Å². The first-order chi connectivity index (χ1) is 9.56.